The molecule has 7 heterocycles. The van der Waals surface area contributed by atoms with Gasteiger partial charge in [-0.05, 0) is 64.5 Å². The molecule has 0 spiro atoms. The maximum absolute atomic E-state index is 17.3. The first-order valence-electron chi connectivity index (χ1n) is 18.4. The number of nitrogens with zero attached hydrogens (tertiary/aromatic N) is 6. The highest BCUT2D eigenvalue weighted by Gasteiger charge is 2.52. The highest BCUT2D eigenvalue weighted by Crippen LogP contribution is 2.47. The molecular weight excluding hydrogens is 673 g/mol. The minimum atomic E-state index is -0.959. The molecule has 4 saturated heterocycles. The molecule has 0 radical (unpaired) electrons. The van der Waals surface area contributed by atoms with Gasteiger partial charge in [0.1, 0.15) is 54.6 Å². The largest absolute Gasteiger partial charge is 0.475 e. The molecule has 2 bridgehead atoms. The van der Waals surface area contributed by atoms with Crippen molar-refractivity contribution < 1.29 is 33.5 Å². The Morgan fingerprint density at radius 3 is 2.83 bits per heavy atom. The first-order valence-corrected chi connectivity index (χ1v) is 17.9. The van der Waals surface area contributed by atoms with Crippen molar-refractivity contribution in [3.63, 3.8) is 0 Å². The quantitative estimate of drug-likeness (QED) is 0.223. The molecule has 1 amide bonds. The van der Waals surface area contributed by atoms with Crippen LogP contribution in [0.3, 0.4) is 0 Å². The van der Waals surface area contributed by atoms with E-state index >= 15 is 8.78 Å². The van der Waals surface area contributed by atoms with Crippen molar-refractivity contribution in [2.75, 3.05) is 37.7 Å². The van der Waals surface area contributed by atoms with Crippen LogP contribution in [-0.4, -0.2) is 99.1 Å². The molecule has 0 aliphatic carbocycles. The SMILES string of the molecule is [2H]C#Cc1c(F)ccc2cccc(-c3nc4c5c(nc(OC[C@@]67CCCN6C[C@H](F)C7)nc5c3F)N3C[C@@H]5CC[C@H]([C@H]3CO4)N5C(=O)OC(C)(C)C)c12. The van der Waals surface area contributed by atoms with Crippen LogP contribution in [0.2, 0.25) is 0 Å². The Hall–Kier alpha value is -4.83. The zero-order chi connectivity index (χ0) is 36.8. The average molecular weight is 714 g/mol. The van der Waals surface area contributed by atoms with E-state index in [0.29, 0.717) is 42.5 Å². The molecule has 0 N–H and O–H groups in total. The molecule has 2 aromatic heterocycles. The Labute approximate surface area is 300 Å². The van der Waals surface area contributed by atoms with Gasteiger partial charge in [0.25, 0.3) is 0 Å². The molecule has 4 aromatic rings. The number of carbonyl (C=O) groups excluding carboxylic acids is 1. The van der Waals surface area contributed by atoms with Gasteiger partial charge in [0.2, 0.25) is 5.88 Å². The van der Waals surface area contributed by atoms with Crippen molar-refractivity contribution in [2.45, 2.75) is 88.3 Å². The van der Waals surface area contributed by atoms with Crippen molar-refractivity contribution >= 4 is 33.6 Å². The fourth-order valence-electron chi connectivity index (χ4n) is 9.23. The topological polar surface area (TPSA) is 93.2 Å². The van der Waals surface area contributed by atoms with Crippen LogP contribution in [0.15, 0.2) is 30.3 Å². The van der Waals surface area contributed by atoms with E-state index in [1.165, 1.54) is 6.07 Å². The van der Waals surface area contributed by atoms with Gasteiger partial charge in [0.15, 0.2) is 5.82 Å². The summed E-state index contributed by atoms with van der Waals surface area (Å²) in [4.78, 5) is 33.8. The van der Waals surface area contributed by atoms with E-state index in [1.54, 1.807) is 24.3 Å². The number of halogens is 3. The summed E-state index contributed by atoms with van der Waals surface area (Å²) in [6, 6.07) is 7.01. The number of hydrogen-bond acceptors (Lipinski definition) is 9. The summed E-state index contributed by atoms with van der Waals surface area (Å²) in [6.45, 7) is 7.26. The van der Waals surface area contributed by atoms with Crippen LogP contribution in [0.1, 0.15) is 59.8 Å². The van der Waals surface area contributed by atoms with E-state index < -0.39 is 35.0 Å². The minimum absolute atomic E-state index is 0.0490. The molecule has 5 aliphatic heterocycles. The van der Waals surface area contributed by atoms with E-state index in [0.717, 1.165) is 25.8 Å². The third-order valence-corrected chi connectivity index (χ3v) is 11.4. The lowest BCUT2D eigenvalue weighted by molar-refractivity contribution is 0.00538. The number of alkyl halides is 1. The van der Waals surface area contributed by atoms with E-state index in [-0.39, 0.29) is 71.0 Å². The van der Waals surface area contributed by atoms with E-state index in [1.807, 2.05) is 32.1 Å². The number of anilines is 1. The number of pyridine rings is 1. The summed E-state index contributed by atoms with van der Waals surface area (Å²) in [5.74, 6) is 1.55. The summed E-state index contributed by atoms with van der Waals surface area (Å²) in [6.07, 6.45) is 4.17. The summed E-state index contributed by atoms with van der Waals surface area (Å²) in [5.41, 5.74) is -1.21. The molecule has 52 heavy (non-hydrogen) atoms. The zero-order valence-corrected chi connectivity index (χ0v) is 29.2. The van der Waals surface area contributed by atoms with Gasteiger partial charge in [-0.1, -0.05) is 30.2 Å². The number of carbonyl (C=O) groups is 1. The number of ether oxygens (including phenoxy) is 3. The van der Waals surface area contributed by atoms with Crippen LogP contribution in [-0.2, 0) is 4.74 Å². The molecule has 0 saturated carbocycles. The second-order valence-corrected chi connectivity index (χ2v) is 15.7. The number of aromatic nitrogens is 3. The van der Waals surface area contributed by atoms with Gasteiger partial charge in [-0.2, -0.15) is 9.97 Å². The van der Waals surface area contributed by atoms with E-state index in [4.69, 9.17) is 25.5 Å². The summed E-state index contributed by atoms with van der Waals surface area (Å²) in [5, 5.41) is 1.14. The first kappa shape index (κ1) is 31.9. The van der Waals surface area contributed by atoms with Gasteiger partial charge in [0.05, 0.1) is 29.2 Å². The van der Waals surface area contributed by atoms with Crippen LogP contribution in [0.25, 0.3) is 32.9 Å². The number of rotatable bonds is 4. The van der Waals surface area contributed by atoms with Crippen LogP contribution in [0, 0.1) is 24.0 Å². The summed E-state index contributed by atoms with van der Waals surface area (Å²) >= 11 is 0. The molecule has 9 rings (SSSR count). The minimum Gasteiger partial charge on any atom is -0.475 e. The van der Waals surface area contributed by atoms with Crippen molar-refractivity contribution in [2.24, 2.45) is 0 Å². The third-order valence-electron chi connectivity index (χ3n) is 11.4. The Balaban J connectivity index is 1.20. The second kappa shape index (κ2) is 11.8. The van der Waals surface area contributed by atoms with E-state index in [2.05, 4.69) is 20.7 Å². The van der Waals surface area contributed by atoms with Crippen LogP contribution in [0.5, 0.6) is 11.9 Å². The molecule has 270 valence electrons. The molecule has 4 fully saturated rings. The van der Waals surface area contributed by atoms with E-state index in [9.17, 15) is 9.18 Å². The van der Waals surface area contributed by atoms with Gasteiger partial charge in [0, 0.05) is 30.5 Å². The van der Waals surface area contributed by atoms with Crippen molar-refractivity contribution in [3.8, 4) is 35.5 Å². The monoisotopic (exact) mass is 713 g/mol. The molecule has 5 aliphatic rings. The summed E-state index contributed by atoms with van der Waals surface area (Å²) in [7, 11) is 0. The fourth-order valence-corrected chi connectivity index (χ4v) is 9.23. The van der Waals surface area contributed by atoms with Gasteiger partial charge in [-0.15, -0.1) is 6.40 Å². The first-order chi connectivity index (χ1) is 25.4. The lowest BCUT2D eigenvalue weighted by atomic mass is 9.95. The molecule has 5 atom stereocenters. The molecular formula is C39H39F3N6O4. The Morgan fingerprint density at radius 2 is 2.00 bits per heavy atom. The normalized spacial score (nSPS) is 26.7. The highest BCUT2D eigenvalue weighted by molar-refractivity contribution is 6.03. The van der Waals surface area contributed by atoms with Crippen molar-refractivity contribution in [1.29, 1.82) is 0 Å². The van der Waals surface area contributed by atoms with Crippen LogP contribution >= 0.6 is 0 Å². The number of amides is 1. The standard InChI is InChI=1S/C39H39F3N6O4/c1-5-24-26(41)12-10-21-8-6-9-25(29(21)24)32-31(42)33-30-34(45-36(44-33)51-20-39-14-7-15-46(39)17-22(40)16-39)47-18-23-11-13-27(28(47)19-50-35(30)43-32)48(23)37(49)52-38(2,3)4/h1,6,8-10,12,22-23,27-28H,7,11,13-20H2,2-4H3/t22-,23+,27-,28-,39+/m1/s1/i1D. The number of fused-ring (bicyclic) bond motifs is 7. The smallest absolute Gasteiger partial charge is 0.410 e. The number of terminal acetylenes is 1. The Kier molecular flexibility index (Phi) is 7.26. The number of hydrogen-bond donors (Lipinski definition) is 0. The fraction of sp³-hybridized carbons (Fsp3) is 0.487. The predicted octanol–water partition coefficient (Wildman–Crippen LogP) is 6.41. The molecule has 13 heteroatoms. The third kappa shape index (κ3) is 5.12. The lowest BCUT2D eigenvalue weighted by Crippen LogP contribution is -2.63. The lowest BCUT2D eigenvalue weighted by Gasteiger charge is -2.46. The van der Waals surface area contributed by atoms with Crippen molar-refractivity contribution in [3.05, 3.63) is 47.5 Å². The maximum Gasteiger partial charge on any atom is 0.410 e. The van der Waals surface area contributed by atoms with Gasteiger partial charge >= 0.3 is 12.1 Å². The Morgan fingerprint density at radius 1 is 1.13 bits per heavy atom. The second-order valence-electron chi connectivity index (χ2n) is 15.7. The molecule has 2 aromatic carbocycles. The maximum atomic E-state index is 17.3. The highest BCUT2D eigenvalue weighted by atomic mass is 19.1. The van der Waals surface area contributed by atoms with Gasteiger partial charge in [-0.3, -0.25) is 9.80 Å². The number of piperazine rings is 1. The molecule has 0 unspecified atom stereocenters. The average Bonchev–Trinajstić information content (AvgIpc) is 3.72. The van der Waals surface area contributed by atoms with Crippen molar-refractivity contribution in [1.82, 2.24) is 24.8 Å². The summed E-state index contributed by atoms with van der Waals surface area (Å²) < 4.78 is 73.3. The van der Waals surface area contributed by atoms with Gasteiger partial charge in [-0.25, -0.2) is 22.9 Å². The van der Waals surface area contributed by atoms with Crippen LogP contribution in [0.4, 0.5) is 23.8 Å². The number of benzene rings is 2. The Bertz CT molecular complexity index is 2240. The zero-order valence-electron chi connectivity index (χ0n) is 30.2. The predicted molar refractivity (Wildman–Crippen MR) is 188 cm³/mol. The van der Waals surface area contributed by atoms with Crippen LogP contribution < -0.4 is 14.4 Å². The van der Waals surface area contributed by atoms with Gasteiger partial charge < -0.3 is 19.1 Å². The molecule has 10 nitrogen and oxygen atoms in total.